The number of rotatable bonds is 9. The lowest BCUT2D eigenvalue weighted by molar-refractivity contribution is 0.0691. The molecule has 0 saturated carbocycles. The summed E-state index contributed by atoms with van der Waals surface area (Å²) in [6.07, 6.45) is 0. The minimum atomic E-state index is -0.339. The number of methoxy groups -OCH3 is 1. The number of hydrogen-bond acceptors (Lipinski definition) is 5. The lowest BCUT2D eigenvalue weighted by Gasteiger charge is -2.11. The van der Waals surface area contributed by atoms with Crippen molar-refractivity contribution in [3.05, 3.63) is 76.2 Å². The van der Waals surface area contributed by atoms with Gasteiger partial charge in [-0.15, -0.1) is 0 Å². The van der Waals surface area contributed by atoms with Crippen LogP contribution in [-0.2, 0) is 16.0 Å². The van der Waals surface area contributed by atoms with Crippen molar-refractivity contribution in [2.45, 2.75) is 6.54 Å². The predicted molar refractivity (Wildman–Crippen MR) is 107 cm³/mol. The molecular weight excluding hydrogens is 358 g/mol. The Morgan fingerprint density at radius 3 is 2.46 bits per heavy atom. The summed E-state index contributed by atoms with van der Waals surface area (Å²) >= 11 is 0. The molecule has 2 aromatic carbocycles. The summed E-state index contributed by atoms with van der Waals surface area (Å²) in [5, 5.41) is 8.16. The number of amides is 1. The van der Waals surface area contributed by atoms with E-state index in [1.807, 2.05) is 30.3 Å². The van der Waals surface area contributed by atoms with Crippen molar-refractivity contribution in [1.29, 1.82) is 0 Å². The van der Waals surface area contributed by atoms with Gasteiger partial charge in [0.25, 0.3) is 11.5 Å². The highest BCUT2D eigenvalue weighted by atomic mass is 16.5. The topological polar surface area (TPSA) is 82.4 Å². The summed E-state index contributed by atoms with van der Waals surface area (Å²) in [7, 11) is 1.60. The summed E-state index contributed by atoms with van der Waals surface area (Å²) in [5.41, 5.74) is 0.937. The number of fused-ring (bicyclic) bond motifs is 1. The molecule has 28 heavy (non-hydrogen) atoms. The van der Waals surface area contributed by atoms with Crippen LogP contribution in [0.15, 0.2) is 59.4 Å². The highest BCUT2D eigenvalue weighted by Crippen LogP contribution is 2.13. The van der Waals surface area contributed by atoms with E-state index in [4.69, 9.17) is 9.47 Å². The molecule has 1 N–H and O–H groups in total. The number of nitrogens with one attached hydrogen (secondary N) is 1. The third kappa shape index (κ3) is 4.82. The SMILES string of the molecule is COCCOCCNC(=O)c1nn(Cc2ccccc2)c(=O)c2ccccc12. The molecule has 3 rings (SSSR count). The minimum Gasteiger partial charge on any atom is -0.382 e. The molecule has 7 nitrogen and oxygen atoms in total. The molecule has 7 heteroatoms. The molecule has 1 amide bonds. The molecule has 0 aliphatic rings. The molecule has 0 aliphatic carbocycles. The first-order valence-corrected chi connectivity index (χ1v) is 9.09. The van der Waals surface area contributed by atoms with Gasteiger partial charge in [0.15, 0.2) is 5.69 Å². The second kappa shape index (κ2) is 9.77. The summed E-state index contributed by atoms with van der Waals surface area (Å²) < 4.78 is 11.6. The van der Waals surface area contributed by atoms with Crippen molar-refractivity contribution in [3.63, 3.8) is 0 Å². The molecule has 0 unspecified atom stereocenters. The molecule has 0 spiro atoms. The number of carbonyl (C=O) groups is 1. The van der Waals surface area contributed by atoms with Crippen LogP contribution in [0.1, 0.15) is 16.1 Å². The van der Waals surface area contributed by atoms with Gasteiger partial charge in [-0.05, 0) is 11.6 Å². The van der Waals surface area contributed by atoms with Gasteiger partial charge in [-0.25, -0.2) is 4.68 Å². The van der Waals surface area contributed by atoms with Gasteiger partial charge in [0, 0.05) is 19.0 Å². The largest absolute Gasteiger partial charge is 0.382 e. The zero-order valence-electron chi connectivity index (χ0n) is 15.8. The van der Waals surface area contributed by atoms with Crippen molar-refractivity contribution in [2.75, 3.05) is 33.5 Å². The summed E-state index contributed by atoms with van der Waals surface area (Å²) in [6, 6.07) is 16.6. The van der Waals surface area contributed by atoms with E-state index in [0.29, 0.717) is 43.7 Å². The number of hydrogen-bond donors (Lipinski definition) is 1. The van der Waals surface area contributed by atoms with Crippen LogP contribution in [0.3, 0.4) is 0 Å². The number of aromatic nitrogens is 2. The van der Waals surface area contributed by atoms with Crippen LogP contribution in [0.5, 0.6) is 0 Å². The molecule has 0 aliphatic heterocycles. The standard InChI is InChI=1S/C21H23N3O4/c1-27-13-14-28-12-11-22-20(25)19-17-9-5-6-10-18(17)21(26)24(23-19)15-16-7-3-2-4-8-16/h2-10H,11-15H2,1H3,(H,22,25). The molecule has 1 aromatic heterocycles. The van der Waals surface area contributed by atoms with Crippen LogP contribution >= 0.6 is 0 Å². The maximum atomic E-state index is 12.8. The molecule has 1 heterocycles. The van der Waals surface area contributed by atoms with E-state index in [9.17, 15) is 9.59 Å². The molecule has 0 atom stereocenters. The van der Waals surface area contributed by atoms with Gasteiger partial charge in [-0.2, -0.15) is 5.10 Å². The van der Waals surface area contributed by atoms with Crippen LogP contribution in [-0.4, -0.2) is 49.2 Å². The Morgan fingerprint density at radius 2 is 1.71 bits per heavy atom. The Balaban J connectivity index is 1.83. The normalized spacial score (nSPS) is 10.9. The Morgan fingerprint density at radius 1 is 1.00 bits per heavy atom. The highest BCUT2D eigenvalue weighted by molar-refractivity contribution is 6.04. The van der Waals surface area contributed by atoms with E-state index >= 15 is 0 Å². The quantitative estimate of drug-likeness (QED) is 0.572. The molecule has 0 bridgehead atoms. The number of ether oxygens (including phenoxy) is 2. The fraction of sp³-hybridized carbons (Fsp3) is 0.286. The fourth-order valence-corrected chi connectivity index (χ4v) is 2.83. The molecule has 0 fully saturated rings. The summed E-state index contributed by atoms with van der Waals surface area (Å²) in [6.45, 7) is 1.98. The zero-order chi connectivity index (χ0) is 19.8. The molecular formula is C21H23N3O4. The van der Waals surface area contributed by atoms with Gasteiger partial charge in [0.1, 0.15) is 0 Å². The van der Waals surface area contributed by atoms with Crippen LogP contribution in [0.25, 0.3) is 10.8 Å². The monoisotopic (exact) mass is 381 g/mol. The third-order valence-electron chi connectivity index (χ3n) is 4.22. The maximum Gasteiger partial charge on any atom is 0.274 e. The van der Waals surface area contributed by atoms with Crippen LogP contribution in [0, 0.1) is 0 Å². The Bertz CT molecular complexity index is 986. The van der Waals surface area contributed by atoms with Gasteiger partial charge >= 0.3 is 0 Å². The van der Waals surface area contributed by atoms with E-state index in [0.717, 1.165) is 5.56 Å². The molecule has 146 valence electrons. The van der Waals surface area contributed by atoms with Crippen LogP contribution < -0.4 is 10.9 Å². The van der Waals surface area contributed by atoms with E-state index in [1.54, 1.807) is 31.4 Å². The first-order valence-electron chi connectivity index (χ1n) is 9.09. The molecule has 0 radical (unpaired) electrons. The first kappa shape index (κ1) is 19.7. The molecule has 3 aromatic rings. The Hall–Kier alpha value is -3.03. The van der Waals surface area contributed by atoms with Crippen molar-refractivity contribution < 1.29 is 14.3 Å². The Labute approximate surface area is 162 Å². The number of nitrogens with zero attached hydrogens (tertiary/aromatic N) is 2. The van der Waals surface area contributed by atoms with Gasteiger partial charge in [-0.3, -0.25) is 9.59 Å². The van der Waals surface area contributed by atoms with Gasteiger partial charge in [0.05, 0.1) is 31.8 Å². The van der Waals surface area contributed by atoms with Crippen LogP contribution in [0.4, 0.5) is 0 Å². The van der Waals surface area contributed by atoms with Crippen LogP contribution in [0.2, 0.25) is 0 Å². The zero-order valence-corrected chi connectivity index (χ0v) is 15.8. The van der Waals surface area contributed by atoms with Crippen molar-refractivity contribution in [1.82, 2.24) is 15.1 Å². The van der Waals surface area contributed by atoms with Crippen molar-refractivity contribution >= 4 is 16.7 Å². The lowest BCUT2D eigenvalue weighted by atomic mass is 10.1. The minimum absolute atomic E-state index is 0.223. The summed E-state index contributed by atoms with van der Waals surface area (Å²) in [5.74, 6) is -0.339. The molecule has 0 saturated heterocycles. The second-order valence-corrected chi connectivity index (χ2v) is 6.20. The number of benzene rings is 2. The van der Waals surface area contributed by atoms with Crippen molar-refractivity contribution in [3.8, 4) is 0 Å². The fourth-order valence-electron chi connectivity index (χ4n) is 2.83. The van der Waals surface area contributed by atoms with Crippen molar-refractivity contribution in [2.24, 2.45) is 0 Å². The van der Waals surface area contributed by atoms with E-state index in [1.165, 1.54) is 4.68 Å². The van der Waals surface area contributed by atoms with Gasteiger partial charge < -0.3 is 14.8 Å². The van der Waals surface area contributed by atoms with Gasteiger partial charge in [-0.1, -0.05) is 48.5 Å². The van der Waals surface area contributed by atoms with E-state index < -0.39 is 0 Å². The maximum absolute atomic E-state index is 12.8. The average molecular weight is 381 g/mol. The predicted octanol–water partition coefficient (Wildman–Crippen LogP) is 1.84. The lowest BCUT2D eigenvalue weighted by Crippen LogP contribution is -2.32. The third-order valence-corrected chi connectivity index (χ3v) is 4.22. The Kier molecular flexibility index (Phi) is 6.89. The smallest absolute Gasteiger partial charge is 0.274 e. The van der Waals surface area contributed by atoms with E-state index in [-0.39, 0.29) is 17.2 Å². The number of carbonyl (C=O) groups excluding carboxylic acids is 1. The second-order valence-electron chi connectivity index (χ2n) is 6.20. The highest BCUT2D eigenvalue weighted by Gasteiger charge is 2.16. The first-order chi connectivity index (χ1) is 13.7. The summed E-state index contributed by atoms with van der Waals surface area (Å²) in [4.78, 5) is 25.5. The van der Waals surface area contributed by atoms with E-state index in [2.05, 4.69) is 10.4 Å². The average Bonchev–Trinajstić information content (AvgIpc) is 2.73. The van der Waals surface area contributed by atoms with Gasteiger partial charge in [0.2, 0.25) is 0 Å².